The first-order valence-electron chi connectivity index (χ1n) is 7.84. The molecule has 0 spiro atoms. The smallest absolute Gasteiger partial charge is 0.215 e. The number of thioether (sulfide) groups is 1. The minimum absolute atomic E-state index is 0.0100. The second-order valence-electron chi connectivity index (χ2n) is 5.79. The maximum Gasteiger partial charge on any atom is 0.215 e. The van der Waals surface area contributed by atoms with Gasteiger partial charge in [0.2, 0.25) is 10.0 Å². The Morgan fingerprint density at radius 1 is 1.21 bits per heavy atom. The largest absolute Gasteiger partial charge is 0.355 e. The fourth-order valence-corrected chi connectivity index (χ4v) is 5.42. The van der Waals surface area contributed by atoms with Crippen LogP contribution in [0.5, 0.6) is 0 Å². The van der Waals surface area contributed by atoms with Gasteiger partial charge in [0.15, 0.2) is 5.96 Å². The molecule has 0 aromatic carbocycles. The van der Waals surface area contributed by atoms with E-state index in [9.17, 15) is 16.8 Å². The summed E-state index contributed by atoms with van der Waals surface area (Å²) in [5.74, 6) is 2.26. The van der Waals surface area contributed by atoms with E-state index in [1.54, 1.807) is 18.8 Å². The minimum Gasteiger partial charge on any atom is -0.355 e. The van der Waals surface area contributed by atoms with Gasteiger partial charge in [-0.15, -0.1) is 0 Å². The lowest BCUT2D eigenvalue weighted by atomic mass is 10.3. The van der Waals surface area contributed by atoms with Crippen LogP contribution in [-0.4, -0.2) is 89.1 Å². The zero-order valence-electron chi connectivity index (χ0n) is 14.5. The van der Waals surface area contributed by atoms with Crippen molar-refractivity contribution < 1.29 is 16.8 Å². The first kappa shape index (κ1) is 21.5. The first-order valence-corrected chi connectivity index (χ1v) is 12.7. The highest BCUT2D eigenvalue weighted by Crippen LogP contribution is 2.12. The second-order valence-corrected chi connectivity index (χ2v) is 11.4. The fraction of sp³-hybridized carbons (Fsp3) is 0.923. The average Bonchev–Trinajstić information content (AvgIpc) is 2.52. The molecule has 2 N–H and O–H groups in total. The summed E-state index contributed by atoms with van der Waals surface area (Å²) in [6.45, 7) is 3.26. The molecule has 1 aliphatic rings. The molecule has 0 aromatic heterocycles. The van der Waals surface area contributed by atoms with Crippen LogP contribution in [0, 0.1) is 0 Å². The maximum atomic E-state index is 12.2. The van der Waals surface area contributed by atoms with Gasteiger partial charge in [0.25, 0.3) is 0 Å². The van der Waals surface area contributed by atoms with Crippen molar-refractivity contribution in [2.45, 2.75) is 19.4 Å². The number of nitrogens with zero attached hydrogens (tertiary/aromatic N) is 2. The Balaban J connectivity index is 2.38. The van der Waals surface area contributed by atoms with Crippen molar-refractivity contribution in [1.82, 2.24) is 14.9 Å². The minimum atomic E-state index is -3.25. The van der Waals surface area contributed by atoms with Crippen molar-refractivity contribution in [3.8, 4) is 0 Å². The van der Waals surface area contributed by atoms with Crippen molar-refractivity contribution in [3.05, 3.63) is 0 Å². The number of hydrogen-bond acceptors (Lipinski definition) is 6. The monoisotopic (exact) mass is 400 g/mol. The Kier molecular flexibility index (Phi) is 8.82. The molecular formula is C13H28N4O4S3. The number of sulfonamides is 1. The van der Waals surface area contributed by atoms with Gasteiger partial charge in [-0.1, -0.05) is 0 Å². The summed E-state index contributed by atoms with van der Waals surface area (Å²) < 4.78 is 48.4. The van der Waals surface area contributed by atoms with Crippen molar-refractivity contribution in [2.24, 2.45) is 4.99 Å². The number of nitrogens with one attached hydrogen (secondary N) is 2. The summed E-state index contributed by atoms with van der Waals surface area (Å²) in [7, 11) is -4.65. The third kappa shape index (κ3) is 8.54. The zero-order valence-corrected chi connectivity index (χ0v) is 16.9. The summed E-state index contributed by atoms with van der Waals surface area (Å²) in [5.41, 5.74) is 0. The summed E-state index contributed by atoms with van der Waals surface area (Å²) in [4.78, 5) is 4.04. The number of sulfone groups is 1. The molecule has 24 heavy (non-hydrogen) atoms. The van der Waals surface area contributed by atoms with Crippen LogP contribution >= 0.6 is 11.8 Å². The molecule has 1 atom stereocenters. The number of guanidine groups is 1. The lowest BCUT2D eigenvalue weighted by Gasteiger charge is -2.26. The molecule has 0 bridgehead atoms. The molecule has 0 aliphatic carbocycles. The van der Waals surface area contributed by atoms with Gasteiger partial charge in [-0.25, -0.2) is 21.1 Å². The highest BCUT2D eigenvalue weighted by molar-refractivity contribution is 7.99. The molecule has 0 amide bonds. The second kappa shape index (κ2) is 9.83. The maximum absolute atomic E-state index is 12.2. The SMILES string of the molecule is CN=C(NCCS(=O)(=O)N1CCSCC1)NC(C)CCS(C)(=O)=O. The molecule has 1 rings (SSSR count). The Hall–Kier alpha value is -0.520. The van der Waals surface area contributed by atoms with Gasteiger partial charge in [0, 0.05) is 50.5 Å². The fourth-order valence-electron chi connectivity index (χ4n) is 2.14. The van der Waals surface area contributed by atoms with E-state index in [4.69, 9.17) is 0 Å². The lowest BCUT2D eigenvalue weighted by Crippen LogP contribution is -2.46. The summed E-state index contributed by atoms with van der Waals surface area (Å²) in [6, 6.07) is -0.0818. The molecule has 1 fully saturated rings. The summed E-state index contributed by atoms with van der Waals surface area (Å²) in [6.07, 6.45) is 1.67. The van der Waals surface area contributed by atoms with E-state index in [1.165, 1.54) is 10.6 Å². The first-order chi connectivity index (χ1) is 11.1. The van der Waals surface area contributed by atoms with Gasteiger partial charge < -0.3 is 10.6 Å². The van der Waals surface area contributed by atoms with Crippen molar-refractivity contribution in [2.75, 3.05) is 55.9 Å². The summed E-state index contributed by atoms with van der Waals surface area (Å²) >= 11 is 1.77. The zero-order chi connectivity index (χ0) is 18.2. The van der Waals surface area contributed by atoms with Gasteiger partial charge in [-0.3, -0.25) is 4.99 Å². The van der Waals surface area contributed by atoms with E-state index in [-0.39, 0.29) is 24.1 Å². The predicted molar refractivity (Wildman–Crippen MR) is 101 cm³/mol. The summed E-state index contributed by atoms with van der Waals surface area (Å²) in [5, 5.41) is 6.04. The predicted octanol–water partition coefficient (Wildman–Crippen LogP) is -0.647. The molecule has 0 aromatic rings. The topological polar surface area (TPSA) is 108 Å². The quantitative estimate of drug-likeness (QED) is 0.412. The van der Waals surface area contributed by atoms with Crippen LogP contribution in [0.15, 0.2) is 4.99 Å². The van der Waals surface area contributed by atoms with E-state index in [1.807, 2.05) is 6.92 Å². The van der Waals surface area contributed by atoms with Crippen molar-refractivity contribution in [3.63, 3.8) is 0 Å². The van der Waals surface area contributed by atoms with E-state index in [2.05, 4.69) is 15.6 Å². The lowest BCUT2D eigenvalue weighted by molar-refractivity contribution is 0.443. The Morgan fingerprint density at radius 3 is 2.38 bits per heavy atom. The number of rotatable bonds is 8. The number of aliphatic imine (C=N–C) groups is 1. The van der Waals surface area contributed by atoms with Crippen molar-refractivity contribution >= 4 is 37.6 Å². The van der Waals surface area contributed by atoms with Crippen LogP contribution in [0.2, 0.25) is 0 Å². The van der Waals surface area contributed by atoms with E-state index in [0.29, 0.717) is 25.5 Å². The van der Waals surface area contributed by atoms with Crippen LogP contribution in [0.25, 0.3) is 0 Å². The third-order valence-corrected chi connectivity index (χ3v) is 7.34. The van der Waals surface area contributed by atoms with Gasteiger partial charge in [0.1, 0.15) is 9.84 Å². The van der Waals surface area contributed by atoms with Gasteiger partial charge in [-0.2, -0.15) is 11.8 Å². The molecule has 1 unspecified atom stereocenters. The highest BCUT2D eigenvalue weighted by Gasteiger charge is 2.23. The molecule has 11 heteroatoms. The number of hydrogen-bond donors (Lipinski definition) is 2. The van der Waals surface area contributed by atoms with E-state index < -0.39 is 19.9 Å². The average molecular weight is 401 g/mol. The molecular weight excluding hydrogens is 372 g/mol. The van der Waals surface area contributed by atoms with E-state index in [0.717, 1.165) is 11.5 Å². The Labute approximate surface area is 149 Å². The molecule has 0 saturated carbocycles. The molecule has 1 heterocycles. The Bertz CT molecular complexity index is 613. The van der Waals surface area contributed by atoms with Crippen LogP contribution in [-0.2, 0) is 19.9 Å². The molecule has 8 nitrogen and oxygen atoms in total. The van der Waals surface area contributed by atoms with Gasteiger partial charge in [-0.05, 0) is 13.3 Å². The van der Waals surface area contributed by atoms with Crippen LogP contribution in [0.1, 0.15) is 13.3 Å². The molecule has 1 saturated heterocycles. The molecule has 1 aliphatic heterocycles. The third-order valence-electron chi connectivity index (χ3n) is 3.54. The molecule has 0 radical (unpaired) electrons. The van der Waals surface area contributed by atoms with Crippen LogP contribution in [0.4, 0.5) is 0 Å². The van der Waals surface area contributed by atoms with Crippen LogP contribution in [0.3, 0.4) is 0 Å². The van der Waals surface area contributed by atoms with Crippen LogP contribution < -0.4 is 10.6 Å². The van der Waals surface area contributed by atoms with Gasteiger partial charge in [0.05, 0.1) is 11.5 Å². The van der Waals surface area contributed by atoms with E-state index >= 15 is 0 Å². The normalized spacial score (nSPS) is 19.0. The standard InChI is InChI=1S/C13H28N4O4S3/c1-12(4-10-23(3,18)19)16-13(14-2)15-5-11-24(20,21)17-6-8-22-9-7-17/h12H,4-11H2,1-3H3,(H2,14,15,16). The highest BCUT2D eigenvalue weighted by atomic mass is 32.2. The van der Waals surface area contributed by atoms with Crippen molar-refractivity contribution in [1.29, 1.82) is 0 Å². The van der Waals surface area contributed by atoms with Gasteiger partial charge >= 0.3 is 0 Å². The molecule has 142 valence electrons. The Morgan fingerprint density at radius 2 is 1.83 bits per heavy atom.